The van der Waals surface area contributed by atoms with Crippen molar-refractivity contribution in [2.24, 2.45) is 34.5 Å². The molecule has 35 heavy (non-hydrogen) atoms. The second-order valence-electron chi connectivity index (χ2n) is 9.63. The standard InChI is InChI=1S/C22H23N5O8/c1-21(34)8-4-7-5-11(28)13(20(23)33)19(32)22(7,35)18(31)12(8)17(30)14-15(21)10(27(2)3)6-9(16(14)29)25-26-24/h6-8,12-13,29,34-35H,4-5H2,1-3H3,(H2,23,33)/t7-,8-,12?,13?,21+,22-/m0/s1. The summed E-state index contributed by atoms with van der Waals surface area (Å²) in [6.45, 7) is 1.33. The fraction of sp³-hybridized carbons (Fsp3) is 0.500. The highest BCUT2D eigenvalue weighted by Crippen LogP contribution is 2.58. The molecule has 5 N–H and O–H groups in total. The highest BCUT2D eigenvalue weighted by molar-refractivity contribution is 6.31. The third kappa shape index (κ3) is 3.02. The van der Waals surface area contributed by atoms with Crippen LogP contribution in [0.25, 0.3) is 10.4 Å². The maximum atomic E-state index is 13.7. The SMILES string of the molecule is CN(C)c1cc(N=[N+]=[N-])c(O)c2c1[C@](C)(O)[C@H]1C[C@H]3CC(=O)C(C(N)=O)C(=O)[C@@]3(O)C(=O)C1C2=O. The Morgan fingerprint density at radius 3 is 2.40 bits per heavy atom. The van der Waals surface area contributed by atoms with Crippen LogP contribution in [0.5, 0.6) is 5.75 Å². The minimum absolute atomic E-state index is 0.0233. The van der Waals surface area contributed by atoms with Crippen LogP contribution in [-0.2, 0) is 24.8 Å². The Labute approximate surface area is 198 Å². The predicted octanol–water partition coefficient (Wildman–Crippen LogP) is -0.000300. The Balaban J connectivity index is 1.98. The number of nitrogens with zero attached hydrogens (tertiary/aromatic N) is 4. The number of phenolic OH excluding ortho intramolecular Hbond substituents is 1. The summed E-state index contributed by atoms with van der Waals surface area (Å²) in [6.07, 6.45) is -0.802. The van der Waals surface area contributed by atoms with Crippen molar-refractivity contribution in [3.05, 3.63) is 27.6 Å². The van der Waals surface area contributed by atoms with Crippen LogP contribution in [0.1, 0.15) is 35.7 Å². The van der Waals surface area contributed by atoms with Crippen LogP contribution in [0.15, 0.2) is 11.2 Å². The van der Waals surface area contributed by atoms with E-state index >= 15 is 0 Å². The fourth-order valence-electron chi connectivity index (χ4n) is 5.87. The van der Waals surface area contributed by atoms with E-state index < -0.39 is 81.6 Å². The number of aromatic hydroxyl groups is 1. The van der Waals surface area contributed by atoms with Gasteiger partial charge in [-0.05, 0) is 24.9 Å². The van der Waals surface area contributed by atoms with E-state index in [0.717, 1.165) is 0 Å². The van der Waals surface area contributed by atoms with E-state index in [1.165, 1.54) is 17.9 Å². The lowest BCUT2D eigenvalue weighted by Crippen LogP contribution is -2.70. The van der Waals surface area contributed by atoms with Crippen LogP contribution in [0.2, 0.25) is 0 Å². The first-order valence-corrected chi connectivity index (χ1v) is 10.7. The predicted molar refractivity (Wildman–Crippen MR) is 118 cm³/mol. The van der Waals surface area contributed by atoms with Gasteiger partial charge in [-0.2, -0.15) is 0 Å². The molecular weight excluding hydrogens is 462 g/mol. The van der Waals surface area contributed by atoms with E-state index in [-0.39, 0.29) is 23.4 Å². The van der Waals surface area contributed by atoms with Gasteiger partial charge in [0.25, 0.3) is 0 Å². The van der Waals surface area contributed by atoms with Crippen molar-refractivity contribution in [1.82, 2.24) is 0 Å². The first kappa shape index (κ1) is 24.3. The molecule has 0 aliphatic heterocycles. The minimum Gasteiger partial charge on any atom is -0.507 e. The number of Topliss-reactive ketones (excluding diaryl/α,β-unsaturated/α-hetero) is 4. The van der Waals surface area contributed by atoms with E-state index in [1.54, 1.807) is 14.1 Å². The second-order valence-corrected chi connectivity index (χ2v) is 9.63. The van der Waals surface area contributed by atoms with Gasteiger partial charge >= 0.3 is 0 Å². The molecule has 1 aromatic carbocycles. The lowest BCUT2D eigenvalue weighted by Gasteiger charge is -2.53. The molecule has 13 nitrogen and oxygen atoms in total. The van der Waals surface area contributed by atoms with Crippen LogP contribution in [0.4, 0.5) is 11.4 Å². The molecule has 13 heteroatoms. The topological polar surface area (TPSA) is 224 Å². The van der Waals surface area contributed by atoms with Crippen molar-refractivity contribution in [2.45, 2.75) is 31.0 Å². The molecule has 6 atom stereocenters. The molecular formula is C22H23N5O8. The Morgan fingerprint density at radius 2 is 1.86 bits per heavy atom. The molecule has 3 aliphatic rings. The molecule has 1 amide bonds. The molecule has 0 aromatic heterocycles. The van der Waals surface area contributed by atoms with Crippen LogP contribution in [0, 0.1) is 23.7 Å². The van der Waals surface area contributed by atoms with Crippen molar-refractivity contribution in [1.29, 1.82) is 0 Å². The summed E-state index contributed by atoms with van der Waals surface area (Å²) in [7, 11) is 3.18. The summed E-state index contributed by atoms with van der Waals surface area (Å²) < 4.78 is 0. The lowest BCUT2D eigenvalue weighted by molar-refractivity contribution is -0.182. The molecule has 4 rings (SSSR count). The number of nitrogens with two attached hydrogens (primary N) is 1. The Morgan fingerprint density at radius 1 is 1.23 bits per heavy atom. The molecule has 3 aliphatic carbocycles. The molecule has 2 fully saturated rings. The number of rotatable bonds is 3. The smallest absolute Gasteiger partial charge is 0.235 e. The number of carbonyl (C=O) groups excluding carboxylic acids is 5. The first-order chi connectivity index (χ1) is 16.2. The zero-order chi connectivity index (χ0) is 26.2. The number of azide groups is 1. The number of aliphatic hydroxyl groups is 2. The molecule has 1 aromatic rings. The number of fused-ring (bicyclic) bond motifs is 3. The largest absolute Gasteiger partial charge is 0.507 e. The van der Waals surface area contributed by atoms with Crippen molar-refractivity contribution < 1.29 is 39.3 Å². The number of benzene rings is 1. The zero-order valence-corrected chi connectivity index (χ0v) is 19.1. The van der Waals surface area contributed by atoms with Gasteiger partial charge in [0, 0.05) is 48.5 Å². The number of amides is 1. The van der Waals surface area contributed by atoms with Gasteiger partial charge in [0.2, 0.25) is 5.91 Å². The quantitative estimate of drug-likeness (QED) is 0.195. The van der Waals surface area contributed by atoms with Crippen LogP contribution in [-0.4, -0.2) is 64.1 Å². The van der Waals surface area contributed by atoms with E-state index in [0.29, 0.717) is 0 Å². The summed E-state index contributed by atoms with van der Waals surface area (Å²) in [4.78, 5) is 68.6. The summed E-state index contributed by atoms with van der Waals surface area (Å²) in [5.74, 6) is -12.9. The van der Waals surface area contributed by atoms with E-state index in [1.807, 2.05) is 0 Å². The lowest BCUT2D eigenvalue weighted by atomic mass is 9.50. The molecule has 2 saturated carbocycles. The Hall–Kier alpha value is -3.80. The zero-order valence-electron chi connectivity index (χ0n) is 19.1. The fourth-order valence-corrected chi connectivity index (χ4v) is 5.87. The van der Waals surface area contributed by atoms with Gasteiger partial charge in [0.15, 0.2) is 34.7 Å². The minimum atomic E-state index is -2.85. The normalized spacial score (nSPS) is 33.9. The monoisotopic (exact) mass is 485 g/mol. The highest BCUT2D eigenvalue weighted by atomic mass is 16.3. The molecule has 2 unspecified atom stereocenters. The van der Waals surface area contributed by atoms with Crippen LogP contribution < -0.4 is 10.6 Å². The first-order valence-electron chi connectivity index (χ1n) is 10.7. The number of phenols is 1. The maximum Gasteiger partial charge on any atom is 0.235 e. The molecule has 184 valence electrons. The van der Waals surface area contributed by atoms with E-state index in [2.05, 4.69) is 10.0 Å². The van der Waals surface area contributed by atoms with E-state index in [4.69, 9.17) is 11.3 Å². The summed E-state index contributed by atoms with van der Waals surface area (Å²) in [5, 5.41) is 37.1. The summed E-state index contributed by atoms with van der Waals surface area (Å²) >= 11 is 0. The third-order valence-corrected chi connectivity index (χ3v) is 7.53. The van der Waals surface area contributed by atoms with Crippen molar-refractivity contribution >= 4 is 40.4 Å². The van der Waals surface area contributed by atoms with Crippen molar-refractivity contribution in [3.8, 4) is 5.75 Å². The number of carbonyl (C=O) groups is 5. The van der Waals surface area contributed by atoms with Gasteiger partial charge in [0.05, 0.1) is 22.8 Å². The van der Waals surface area contributed by atoms with Gasteiger partial charge in [-0.25, -0.2) is 0 Å². The van der Waals surface area contributed by atoms with Crippen LogP contribution >= 0.6 is 0 Å². The Bertz CT molecular complexity index is 1280. The van der Waals surface area contributed by atoms with Crippen LogP contribution in [0.3, 0.4) is 0 Å². The van der Waals surface area contributed by atoms with Crippen molar-refractivity contribution in [2.75, 3.05) is 19.0 Å². The number of hydrogen-bond acceptors (Lipinski definition) is 10. The third-order valence-electron chi connectivity index (χ3n) is 7.53. The maximum absolute atomic E-state index is 13.7. The molecule has 0 radical (unpaired) electrons. The average Bonchev–Trinajstić information content (AvgIpc) is 2.75. The van der Waals surface area contributed by atoms with Gasteiger partial charge in [-0.1, -0.05) is 5.11 Å². The van der Waals surface area contributed by atoms with Gasteiger partial charge in [-0.3, -0.25) is 24.0 Å². The van der Waals surface area contributed by atoms with Crippen molar-refractivity contribution in [3.63, 3.8) is 0 Å². The van der Waals surface area contributed by atoms with Gasteiger partial charge in [0.1, 0.15) is 5.75 Å². The summed E-state index contributed by atoms with van der Waals surface area (Å²) in [5.41, 5.74) is 8.63. The number of primary amides is 1. The molecule has 0 saturated heterocycles. The molecule has 0 heterocycles. The number of anilines is 1. The average molecular weight is 485 g/mol. The summed E-state index contributed by atoms with van der Waals surface area (Å²) in [6, 6.07) is 1.28. The highest BCUT2D eigenvalue weighted by Gasteiger charge is 2.69. The molecule has 0 spiro atoms. The van der Waals surface area contributed by atoms with Gasteiger partial charge in [-0.15, -0.1) is 0 Å². The number of hydrogen-bond donors (Lipinski definition) is 4. The second kappa shape index (κ2) is 7.60. The Kier molecular flexibility index (Phi) is 5.28. The number of ketones is 4. The van der Waals surface area contributed by atoms with E-state index in [9.17, 15) is 39.3 Å². The molecule has 0 bridgehead atoms. The van der Waals surface area contributed by atoms with Gasteiger partial charge < -0.3 is 26.0 Å².